The first-order valence-electron chi connectivity index (χ1n) is 7.38. The standard InChI is InChI=1S/C9H11ClF12N3O4P3/c1-30(10)23-31(26-2-6(11,12)13,27-3-7(14,15)16)25-32(24-30,28-4-8(17,18)19)29-5-9(20,21)22/h2-5H2,1H3. The summed E-state index contributed by atoms with van der Waals surface area (Å²) >= 11 is 5.77. The van der Waals surface area contributed by atoms with E-state index >= 15 is 0 Å². The second-order valence-corrected chi connectivity index (χ2v) is 14.3. The lowest BCUT2D eigenvalue weighted by molar-refractivity contribution is -0.163. The quantitative estimate of drug-likeness (QED) is 0.214. The molecular formula is C9H11ClF12N3O4P3. The molecule has 0 N–H and O–H groups in total. The van der Waals surface area contributed by atoms with Crippen molar-refractivity contribution in [3.8, 4) is 0 Å². The Morgan fingerprint density at radius 2 is 0.781 bits per heavy atom. The molecule has 1 aliphatic heterocycles. The van der Waals surface area contributed by atoms with Gasteiger partial charge in [-0.1, -0.05) is 11.2 Å². The Morgan fingerprint density at radius 1 is 0.531 bits per heavy atom. The summed E-state index contributed by atoms with van der Waals surface area (Å²) in [4.78, 5) is 0. The monoisotopic (exact) mass is 581 g/mol. The van der Waals surface area contributed by atoms with Crippen LogP contribution < -0.4 is 0 Å². The van der Waals surface area contributed by atoms with Gasteiger partial charge < -0.3 is 0 Å². The summed E-state index contributed by atoms with van der Waals surface area (Å²) in [6.45, 7) is -13.0. The summed E-state index contributed by atoms with van der Waals surface area (Å²) in [5, 5.41) is 0. The van der Waals surface area contributed by atoms with Crippen molar-refractivity contribution in [3.05, 3.63) is 0 Å². The van der Waals surface area contributed by atoms with Crippen molar-refractivity contribution in [3.63, 3.8) is 0 Å². The second kappa shape index (κ2) is 9.92. The van der Waals surface area contributed by atoms with Gasteiger partial charge in [0.1, 0.15) is 0 Å². The highest BCUT2D eigenvalue weighted by molar-refractivity contribution is 7.96. The van der Waals surface area contributed by atoms with Gasteiger partial charge in [-0.3, -0.25) is 18.1 Å². The molecule has 1 atom stereocenters. The van der Waals surface area contributed by atoms with Gasteiger partial charge in [0, 0.05) is 6.66 Å². The van der Waals surface area contributed by atoms with Crippen LogP contribution in [0, 0.1) is 0 Å². The first kappa shape index (κ1) is 30.0. The van der Waals surface area contributed by atoms with Gasteiger partial charge in [0.15, 0.2) is 33.0 Å². The van der Waals surface area contributed by atoms with Crippen molar-refractivity contribution < 1.29 is 70.8 Å². The predicted octanol–water partition coefficient (Wildman–Crippen LogP) is 8.11. The molecule has 0 bridgehead atoms. The summed E-state index contributed by atoms with van der Waals surface area (Å²) in [5.41, 5.74) is 0. The van der Waals surface area contributed by atoms with Crippen molar-refractivity contribution in [2.24, 2.45) is 13.5 Å². The highest BCUT2D eigenvalue weighted by atomic mass is 35.7. The maximum atomic E-state index is 12.6. The van der Waals surface area contributed by atoms with Crippen molar-refractivity contribution in [1.82, 2.24) is 0 Å². The number of nitrogens with zero attached hydrogens (tertiary/aromatic N) is 3. The predicted molar refractivity (Wildman–Crippen MR) is 87.8 cm³/mol. The van der Waals surface area contributed by atoms with Gasteiger partial charge >= 0.3 is 40.0 Å². The molecule has 0 aliphatic carbocycles. The minimum atomic E-state index is -5.29. The Balaban J connectivity index is 3.66. The Kier molecular flexibility index (Phi) is 9.30. The topological polar surface area (TPSA) is 74.0 Å². The number of hydrogen-bond donors (Lipinski definition) is 0. The molecule has 1 unspecified atom stereocenters. The highest BCUT2D eigenvalue weighted by Crippen LogP contribution is 2.80. The molecule has 0 aromatic heterocycles. The maximum absolute atomic E-state index is 12.6. The van der Waals surface area contributed by atoms with E-state index in [1.54, 1.807) is 0 Å². The van der Waals surface area contributed by atoms with E-state index in [1.807, 2.05) is 0 Å². The van der Waals surface area contributed by atoms with Crippen molar-refractivity contribution >= 4 is 33.1 Å². The van der Waals surface area contributed by atoms with Gasteiger partial charge in [0.05, 0.1) is 0 Å². The summed E-state index contributed by atoms with van der Waals surface area (Å²) < 4.78 is 177. The van der Waals surface area contributed by atoms with E-state index in [0.29, 0.717) is 6.66 Å². The van der Waals surface area contributed by atoms with Crippen LogP contribution in [0.1, 0.15) is 0 Å². The normalized spacial score (nSPS) is 23.8. The average molecular weight is 582 g/mol. The Bertz CT molecular complexity index is 747. The lowest BCUT2D eigenvalue weighted by Gasteiger charge is -2.31. The zero-order chi connectivity index (χ0) is 25.3. The van der Waals surface area contributed by atoms with Gasteiger partial charge in [0.25, 0.3) is 0 Å². The van der Waals surface area contributed by atoms with Crippen molar-refractivity contribution in [2.45, 2.75) is 24.7 Å². The van der Waals surface area contributed by atoms with E-state index in [1.165, 1.54) is 0 Å². The highest BCUT2D eigenvalue weighted by Gasteiger charge is 2.46. The summed E-state index contributed by atoms with van der Waals surface area (Å²) in [6.07, 6.45) is -21.0. The number of rotatable bonds is 8. The minimum absolute atomic E-state index is 0.703. The van der Waals surface area contributed by atoms with E-state index in [0.717, 1.165) is 0 Å². The molecule has 7 nitrogen and oxygen atoms in total. The zero-order valence-corrected chi connectivity index (χ0v) is 18.5. The third-order valence-corrected chi connectivity index (χ3v) is 11.7. The molecule has 0 aromatic rings. The number of alkyl halides is 12. The van der Waals surface area contributed by atoms with Crippen LogP contribution >= 0.6 is 33.1 Å². The van der Waals surface area contributed by atoms with Gasteiger partial charge in [-0.15, -0.1) is 4.52 Å². The largest absolute Gasteiger partial charge is 0.412 e. The average Bonchev–Trinajstić information content (AvgIpc) is 2.51. The second-order valence-electron chi connectivity index (χ2n) is 5.61. The van der Waals surface area contributed by atoms with Gasteiger partial charge in [-0.2, -0.15) is 61.7 Å². The van der Waals surface area contributed by atoms with Crippen LogP contribution in [0.2, 0.25) is 0 Å². The molecule has 0 radical (unpaired) electrons. The fraction of sp³-hybridized carbons (Fsp3) is 1.00. The van der Waals surface area contributed by atoms with E-state index in [-0.39, 0.29) is 0 Å². The van der Waals surface area contributed by atoms with Crippen LogP contribution in [0.25, 0.3) is 0 Å². The summed E-state index contributed by atoms with van der Waals surface area (Å²) in [7, 11) is -10.6. The Hall–Kier alpha value is -0.0200. The first-order valence-corrected chi connectivity index (χ1v) is 13.5. The summed E-state index contributed by atoms with van der Waals surface area (Å²) in [5.74, 6) is 0. The van der Waals surface area contributed by atoms with Crippen LogP contribution in [0.15, 0.2) is 13.5 Å². The van der Waals surface area contributed by atoms with Gasteiger partial charge in [0.2, 0.25) is 0 Å². The van der Waals surface area contributed by atoms with Crippen LogP contribution in [-0.4, -0.2) is 57.8 Å². The smallest absolute Gasteiger partial charge is 0.297 e. The molecule has 23 heteroatoms. The van der Waals surface area contributed by atoms with E-state index < -0.39 is 73.0 Å². The molecular weight excluding hydrogens is 570 g/mol. The summed E-state index contributed by atoms with van der Waals surface area (Å²) in [6, 6.07) is 0. The van der Waals surface area contributed by atoms with Crippen molar-refractivity contribution in [1.29, 1.82) is 0 Å². The van der Waals surface area contributed by atoms with E-state index in [4.69, 9.17) is 11.2 Å². The van der Waals surface area contributed by atoms with Crippen LogP contribution in [-0.2, 0) is 18.1 Å². The molecule has 0 saturated carbocycles. The molecule has 0 aromatic carbocycles. The van der Waals surface area contributed by atoms with Crippen LogP contribution in [0.5, 0.6) is 0 Å². The molecule has 1 aliphatic rings. The fourth-order valence-electron chi connectivity index (χ4n) is 1.52. The van der Waals surface area contributed by atoms with E-state index in [2.05, 4.69) is 31.6 Å². The molecule has 192 valence electrons. The molecule has 1 heterocycles. The van der Waals surface area contributed by atoms with Crippen molar-refractivity contribution in [2.75, 3.05) is 33.1 Å². The lowest BCUT2D eigenvalue weighted by atomic mass is 10.7. The Morgan fingerprint density at radius 3 is 1.03 bits per heavy atom. The molecule has 32 heavy (non-hydrogen) atoms. The fourth-order valence-corrected chi connectivity index (χ4v) is 12.0. The molecule has 1 rings (SSSR count). The van der Waals surface area contributed by atoms with E-state index in [9.17, 15) is 52.7 Å². The zero-order valence-electron chi connectivity index (χ0n) is 15.1. The molecule has 0 spiro atoms. The minimum Gasteiger partial charge on any atom is -0.297 e. The molecule has 0 fully saturated rings. The lowest BCUT2D eigenvalue weighted by Crippen LogP contribution is -2.21. The van der Waals surface area contributed by atoms with Crippen LogP contribution in [0.3, 0.4) is 0 Å². The Labute approximate surface area is 176 Å². The third kappa shape index (κ3) is 11.9. The number of halogens is 13. The van der Waals surface area contributed by atoms with Gasteiger partial charge in [-0.25, -0.2) is 0 Å². The SMILES string of the molecule is CP1(Cl)=NP(OCC(F)(F)F)(OCC(F)(F)F)=NP(OCC(F)(F)F)(OCC(F)(F)F)=N1. The molecule has 0 amide bonds. The first-order chi connectivity index (χ1) is 13.9. The third-order valence-electron chi connectivity index (χ3n) is 2.36. The maximum Gasteiger partial charge on any atom is 0.412 e. The molecule has 0 saturated heterocycles. The van der Waals surface area contributed by atoms with Gasteiger partial charge in [-0.05, 0) is 0 Å². The number of hydrogen-bond acceptors (Lipinski definition) is 7. The van der Waals surface area contributed by atoms with Crippen LogP contribution in [0.4, 0.5) is 52.7 Å².